The molecule has 0 bridgehead atoms. The summed E-state index contributed by atoms with van der Waals surface area (Å²) < 4.78 is 26.3. The van der Waals surface area contributed by atoms with E-state index in [1.807, 2.05) is 0 Å². The van der Waals surface area contributed by atoms with E-state index >= 15 is 0 Å². The van der Waals surface area contributed by atoms with E-state index in [9.17, 15) is 18.0 Å². The molecule has 0 aliphatic rings. The van der Waals surface area contributed by atoms with Crippen molar-refractivity contribution in [2.75, 3.05) is 6.54 Å². The zero-order chi connectivity index (χ0) is 15.3. The quantitative estimate of drug-likeness (QED) is 0.779. The van der Waals surface area contributed by atoms with Gasteiger partial charge < -0.3 is 4.79 Å². The lowest BCUT2D eigenvalue weighted by Crippen LogP contribution is -2.36. The van der Waals surface area contributed by atoms with Gasteiger partial charge in [-0.05, 0) is 37.6 Å². The first kappa shape index (κ1) is 16.8. The van der Waals surface area contributed by atoms with Crippen molar-refractivity contribution in [2.45, 2.75) is 31.6 Å². The largest absolute Gasteiger partial charge is 0.300 e. The van der Waals surface area contributed by atoms with Gasteiger partial charge in [0.05, 0.1) is 4.90 Å². The van der Waals surface area contributed by atoms with Gasteiger partial charge in [-0.25, -0.2) is 12.7 Å². The highest BCUT2D eigenvalue weighted by Crippen LogP contribution is 2.19. The average molecular weight is 362 g/mol. The molecule has 5 nitrogen and oxygen atoms in total. The fraction of sp³-hybridized carbons (Fsp3) is 0.385. The molecule has 0 heterocycles. The van der Waals surface area contributed by atoms with Crippen molar-refractivity contribution in [1.82, 2.24) is 4.31 Å². The van der Waals surface area contributed by atoms with Gasteiger partial charge in [-0.1, -0.05) is 15.9 Å². The third-order valence-electron chi connectivity index (χ3n) is 2.64. The molecule has 0 atom stereocenters. The number of sulfonamides is 1. The van der Waals surface area contributed by atoms with E-state index in [1.54, 1.807) is 12.1 Å². The van der Waals surface area contributed by atoms with E-state index in [0.717, 1.165) is 8.78 Å². The van der Waals surface area contributed by atoms with Gasteiger partial charge in [0, 0.05) is 24.4 Å². The van der Waals surface area contributed by atoms with E-state index < -0.39 is 15.9 Å². The molecule has 1 amide bonds. The topological polar surface area (TPSA) is 71.5 Å². The second kappa shape index (κ2) is 6.99. The molecule has 0 aliphatic carbocycles. The summed E-state index contributed by atoms with van der Waals surface area (Å²) in [7, 11) is -3.86. The maximum Gasteiger partial charge on any atom is 0.266 e. The number of carbonyl (C=O) groups excluding carboxylic acids is 2. The summed E-state index contributed by atoms with van der Waals surface area (Å²) in [6.07, 6.45) is 0.574. The van der Waals surface area contributed by atoms with Gasteiger partial charge in [0.25, 0.3) is 10.0 Å². The Bertz CT molecular complexity index is 595. The minimum atomic E-state index is -3.86. The van der Waals surface area contributed by atoms with Crippen molar-refractivity contribution in [1.29, 1.82) is 0 Å². The lowest BCUT2D eigenvalue weighted by Gasteiger charge is -2.20. The molecule has 1 aromatic carbocycles. The molecule has 1 rings (SSSR count). The minimum absolute atomic E-state index is 0.00725. The zero-order valence-corrected chi connectivity index (χ0v) is 13.7. The Morgan fingerprint density at radius 1 is 1.15 bits per heavy atom. The molecule has 0 saturated heterocycles. The van der Waals surface area contributed by atoms with Crippen LogP contribution in [0.1, 0.15) is 26.7 Å². The smallest absolute Gasteiger partial charge is 0.266 e. The van der Waals surface area contributed by atoms with Crippen LogP contribution in [-0.4, -0.2) is 31.0 Å². The van der Waals surface area contributed by atoms with Crippen molar-refractivity contribution in [2.24, 2.45) is 0 Å². The number of hydrogen-bond donors (Lipinski definition) is 0. The van der Waals surface area contributed by atoms with E-state index in [-0.39, 0.29) is 23.6 Å². The van der Waals surface area contributed by atoms with Gasteiger partial charge in [-0.15, -0.1) is 0 Å². The van der Waals surface area contributed by atoms with Crippen LogP contribution in [0.2, 0.25) is 0 Å². The predicted molar refractivity (Wildman–Crippen MR) is 78.6 cm³/mol. The Hall–Kier alpha value is -1.21. The summed E-state index contributed by atoms with van der Waals surface area (Å²) in [6.45, 7) is 2.64. The van der Waals surface area contributed by atoms with Gasteiger partial charge >= 0.3 is 0 Å². The number of benzene rings is 1. The molecule has 0 aliphatic heterocycles. The summed E-state index contributed by atoms with van der Waals surface area (Å²) >= 11 is 3.22. The highest BCUT2D eigenvalue weighted by Gasteiger charge is 2.26. The molecular weight excluding hydrogens is 346 g/mol. The first-order valence-electron chi connectivity index (χ1n) is 6.03. The van der Waals surface area contributed by atoms with Crippen LogP contribution in [0.25, 0.3) is 0 Å². The van der Waals surface area contributed by atoms with Gasteiger partial charge in [-0.2, -0.15) is 0 Å². The molecule has 0 N–H and O–H groups in total. The summed E-state index contributed by atoms with van der Waals surface area (Å²) in [5.41, 5.74) is 0. The standard InChI is InChI=1S/C13H16BrNO4S/c1-10(16)4-3-9-15(11(2)17)20(18,19)13-7-5-12(14)6-8-13/h5-8H,3-4,9H2,1-2H3. The molecular formula is C13H16BrNO4S. The molecule has 0 radical (unpaired) electrons. The summed E-state index contributed by atoms with van der Waals surface area (Å²) in [5.74, 6) is -0.592. The second-order valence-electron chi connectivity index (χ2n) is 4.36. The molecule has 20 heavy (non-hydrogen) atoms. The maximum atomic E-state index is 12.4. The third kappa shape index (κ3) is 4.42. The first-order chi connectivity index (χ1) is 9.25. The molecule has 1 aromatic rings. The monoisotopic (exact) mass is 361 g/mol. The number of Topliss-reactive ketones (excluding diaryl/α,β-unsaturated/α-hetero) is 1. The van der Waals surface area contributed by atoms with Gasteiger partial charge in [0.1, 0.15) is 5.78 Å². The molecule has 0 spiro atoms. The molecule has 7 heteroatoms. The van der Waals surface area contributed by atoms with Crippen LogP contribution in [0.4, 0.5) is 0 Å². The molecule has 0 aromatic heterocycles. The van der Waals surface area contributed by atoms with E-state index in [4.69, 9.17) is 0 Å². The van der Waals surface area contributed by atoms with E-state index in [2.05, 4.69) is 15.9 Å². The fourth-order valence-electron chi connectivity index (χ4n) is 1.65. The van der Waals surface area contributed by atoms with Crippen LogP contribution < -0.4 is 0 Å². The highest BCUT2D eigenvalue weighted by molar-refractivity contribution is 9.10. The number of carbonyl (C=O) groups is 2. The number of rotatable bonds is 6. The van der Waals surface area contributed by atoms with Gasteiger partial charge in [0.15, 0.2) is 0 Å². The van der Waals surface area contributed by atoms with Crippen molar-refractivity contribution < 1.29 is 18.0 Å². The average Bonchev–Trinajstić information content (AvgIpc) is 2.34. The number of amides is 1. The Kier molecular flexibility index (Phi) is 5.88. The fourth-order valence-corrected chi connectivity index (χ4v) is 3.36. The Balaban J connectivity index is 2.97. The molecule has 0 saturated carbocycles. The maximum absolute atomic E-state index is 12.4. The van der Waals surface area contributed by atoms with E-state index in [0.29, 0.717) is 6.42 Å². The number of ketones is 1. The van der Waals surface area contributed by atoms with Crippen molar-refractivity contribution in [3.8, 4) is 0 Å². The molecule has 0 fully saturated rings. The molecule has 110 valence electrons. The summed E-state index contributed by atoms with van der Waals surface area (Å²) in [6, 6.07) is 6.06. The van der Waals surface area contributed by atoms with Crippen molar-refractivity contribution in [3.63, 3.8) is 0 Å². The highest BCUT2D eigenvalue weighted by atomic mass is 79.9. The van der Waals surface area contributed by atoms with Crippen LogP contribution in [0.15, 0.2) is 33.6 Å². The SMILES string of the molecule is CC(=O)CCCN(C(C)=O)S(=O)(=O)c1ccc(Br)cc1. The first-order valence-corrected chi connectivity index (χ1v) is 8.27. The zero-order valence-electron chi connectivity index (χ0n) is 11.3. The molecule has 0 unspecified atom stereocenters. The van der Waals surface area contributed by atoms with Crippen molar-refractivity contribution in [3.05, 3.63) is 28.7 Å². The summed E-state index contributed by atoms with van der Waals surface area (Å²) in [4.78, 5) is 22.5. The Morgan fingerprint density at radius 2 is 1.70 bits per heavy atom. The predicted octanol–water partition coefficient (Wildman–Crippen LogP) is 2.36. The van der Waals surface area contributed by atoms with Crippen LogP contribution >= 0.6 is 15.9 Å². The second-order valence-corrected chi connectivity index (χ2v) is 7.13. The number of nitrogens with zero attached hydrogens (tertiary/aromatic N) is 1. The normalized spacial score (nSPS) is 11.2. The lowest BCUT2D eigenvalue weighted by molar-refractivity contribution is -0.124. The third-order valence-corrected chi connectivity index (χ3v) is 5.06. The van der Waals surface area contributed by atoms with Crippen LogP contribution in [0.5, 0.6) is 0 Å². The minimum Gasteiger partial charge on any atom is -0.300 e. The Labute approximate surface area is 127 Å². The van der Waals surface area contributed by atoms with Crippen LogP contribution in [0.3, 0.4) is 0 Å². The number of halogens is 1. The number of hydrogen-bond acceptors (Lipinski definition) is 4. The van der Waals surface area contributed by atoms with Crippen LogP contribution in [-0.2, 0) is 19.6 Å². The summed E-state index contributed by atoms with van der Waals surface area (Å²) in [5, 5.41) is 0. The van der Waals surface area contributed by atoms with E-state index in [1.165, 1.54) is 26.0 Å². The van der Waals surface area contributed by atoms with Crippen LogP contribution in [0, 0.1) is 0 Å². The lowest BCUT2D eigenvalue weighted by atomic mass is 10.2. The van der Waals surface area contributed by atoms with Gasteiger partial charge in [0.2, 0.25) is 5.91 Å². The Morgan fingerprint density at radius 3 is 2.15 bits per heavy atom. The van der Waals surface area contributed by atoms with Crippen molar-refractivity contribution >= 4 is 37.6 Å². The van der Waals surface area contributed by atoms with Gasteiger partial charge in [-0.3, -0.25) is 4.79 Å².